The monoisotopic (exact) mass is 571 g/mol. The van der Waals surface area contributed by atoms with Crippen LogP contribution in [0, 0.1) is 0 Å². The van der Waals surface area contributed by atoms with Crippen molar-refractivity contribution in [3.8, 4) is 0 Å². The Bertz CT molecular complexity index is 1490. The number of halogens is 3. The van der Waals surface area contributed by atoms with Crippen LogP contribution in [-0.2, 0) is 14.3 Å². The Morgan fingerprint density at radius 2 is 1.50 bits per heavy atom. The largest absolute Gasteiger partial charge is 0.459 e. The maximum Gasteiger partial charge on any atom is 0.338 e. The molecule has 0 aliphatic carbocycles. The van der Waals surface area contributed by atoms with Crippen molar-refractivity contribution >= 4 is 75.6 Å². The second kappa shape index (κ2) is 11.3. The summed E-state index contributed by atoms with van der Waals surface area (Å²) in [6, 6.07) is 16.9. The molecule has 4 rings (SSSR count). The number of hydrogen-bond donors (Lipinski definition) is 2. The zero-order valence-electron chi connectivity index (χ0n) is 20.1. The molecule has 0 unspecified atom stereocenters. The zero-order valence-corrected chi connectivity index (χ0v) is 22.3. The van der Waals surface area contributed by atoms with E-state index in [9.17, 15) is 19.2 Å². The predicted octanol–water partition coefficient (Wildman–Crippen LogP) is 6.25. The molecule has 3 aromatic rings. The fourth-order valence-corrected chi connectivity index (χ4v) is 4.04. The van der Waals surface area contributed by atoms with Gasteiger partial charge in [-0.15, -0.1) is 0 Å². The van der Waals surface area contributed by atoms with Crippen LogP contribution in [-0.4, -0.2) is 29.8 Å². The van der Waals surface area contributed by atoms with Crippen LogP contribution in [0.25, 0.3) is 0 Å². The number of nitrogens with one attached hydrogen (secondary N) is 2. The molecule has 1 aliphatic heterocycles. The van der Waals surface area contributed by atoms with Crippen LogP contribution < -0.4 is 15.5 Å². The molecule has 3 aromatic carbocycles. The topological polar surface area (TPSA) is 105 Å². The molecule has 0 saturated heterocycles. The Morgan fingerprint density at radius 3 is 2.16 bits per heavy atom. The molecule has 1 aliphatic rings. The lowest BCUT2D eigenvalue weighted by Crippen LogP contribution is -2.32. The summed E-state index contributed by atoms with van der Waals surface area (Å²) in [4.78, 5) is 51.7. The van der Waals surface area contributed by atoms with Crippen LogP contribution in [0.5, 0.6) is 0 Å². The average Bonchev–Trinajstić information content (AvgIpc) is 3.09. The standard InChI is InChI=1S/C27H20Cl3N3O5/c1-14(2)38-27(37)16-4-3-5-19(12-16)33-25(35)22(30)23(26(33)36)31-17-8-6-15(7-9-17)24(34)32-18-10-11-20(28)21(29)13-18/h3-14,31H,1-2H3,(H,32,34). The van der Waals surface area contributed by atoms with Crippen molar-refractivity contribution in [1.29, 1.82) is 0 Å². The second-order valence-corrected chi connectivity index (χ2v) is 9.62. The van der Waals surface area contributed by atoms with E-state index >= 15 is 0 Å². The van der Waals surface area contributed by atoms with Crippen molar-refractivity contribution in [3.63, 3.8) is 0 Å². The Morgan fingerprint density at radius 1 is 0.816 bits per heavy atom. The van der Waals surface area contributed by atoms with Gasteiger partial charge in [0, 0.05) is 16.9 Å². The smallest absolute Gasteiger partial charge is 0.338 e. The maximum absolute atomic E-state index is 13.1. The highest BCUT2D eigenvalue weighted by Crippen LogP contribution is 2.31. The summed E-state index contributed by atoms with van der Waals surface area (Å²) in [5.41, 5.74) is 1.44. The van der Waals surface area contributed by atoms with Crippen LogP contribution in [0.4, 0.5) is 17.1 Å². The van der Waals surface area contributed by atoms with E-state index in [1.807, 2.05) is 0 Å². The van der Waals surface area contributed by atoms with Gasteiger partial charge in [0.15, 0.2) is 0 Å². The van der Waals surface area contributed by atoms with Gasteiger partial charge in [0.05, 0.1) is 27.4 Å². The molecule has 0 fully saturated rings. The van der Waals surface area contributed by atoms with Gasteiger partial charge in [-0.2, -0.15) is 0 Å². The van der Waals surface area contributed by atoms with Crippen molar-refractivity contribution in [2.24, 2.45) is 0 Å². The van der Waals surface area contributed by atoms with Crippen molar-refractivity contribution in [2.45, 2.75) is 20.0 Å². The average molecular weight is 573 g/mol. The Labute approximate surface area is 233 Å². The van der Waals surface area contributed by atoms with E-state index in [1.165, 1.54) is 42.5 Å². The summed E-state index contributed by atoms with van der Waals surface area (Å²) in [5, 5.41) is 5.92. The molecule has 194 valence electrons. The molecule has 11 heteroatoms. The fourth-order valence-electron chi connectivity index (χ4n) is 3.53. The van der Waals surface area contributed by atoms with Gasteiger partial charge in [0.1, 0.15) is 10.7 Å². The SMILES string of the molecule is CC(C)OC(=O)c1cccc(N2C(=O)C(Cl)=C(Nc3ccc(C(=O)Nc4ccc(Cl)c(Cl)c4)cc3)C2=O)c1. The summed E-state index contributed by atoms with van der Waals surface area (Å²) in [6.07, 6.45) is -0.332. The first-order valence-corrected chi connectivity index (χ1v) is 12.4. The minimum absolute atomic E-state index is 0.139. The normalized spacial score (nSPS) is 13.3. The third-order valence-corrected chi connectivity index (χ3v) is 6.39. The summed E-state index contributed by atoms with van der Waals surface area (Å²) in [7, 11) is 0. The molecule has 0 radical (unpaired) electrons. The van der Waals surface area contributed by atoms with Crippen LogP contribution in [0.15, 0.2) is 77.5 Å². The number of hydrogen-bond acceptors (Lipinski definition) is 6. The molecule has 38 heavy (non-hydrogen) atoms. The number of carbonyl (C=O) groups is 4. The first-order valence-electron chi connectivity index (χ1n) is 11.3. The zero-order chi connectivity index (χ0) is 27.6. The Kier molecular flexibility index (Phi) is 8.06. The molecule has 0 saturated carbocycles. The lowest BCUT2D eigenvalue weighted by Gasteiger charge is -2.16. The molecule has 1 heterocycles. The number of benzene rings is 3. The summed E-state index contributed by atoms with van der Waals surface area (Å²) < 4.78 is 5.18. The number of ether oxygens (including phenoxy) is 1. The molecule has 3 amide bonds. The van der Waals surface area contributed by atoms with E-state index in [1.54, 1.807) is 38.1 Å². The van der Waals surface area contributed by atoms with Crippen LogP contribution in [0.1, 0.15) is 34.6 Å². The number of imide groups is 1. The van der Waals surface area contributed by atoms with Crippen molar-refractivity contribution in [1.82, 2.24) is 0 Å². The maximum atomic E-state index is 13.1. The van der Waals surface area contributed by atoms with E-state index in [4.69, 9.17) is 39.5 Å². The van der Waals surface area contributed by atoms with Crippen LogP contribution in [0.2, 0.25) is 10.0 Å². The van der Waals surface area contributed by atoms with E-state index in [2.05, 4.69) is 10.6 Å². The van der Waals surface area contributed by atoms with Crippen LogP contribution >= 0.6 is 34.8 Å². The van der Waals surface area contributed by atoms with Gasteiger partial charge in [0.25, 0.3) is 17.7 Å². The van der Waals surface area contributed by atoms with Crippen molar-refractivity contribution in [3.05, 3.63) is 98.6 Å². The third-order valence-electron chi connectivity index (χ3n) is 5.30. The van der Waals surface area contributed by atoms with Gasteiger partial charge in [0.2, 0.25) is 0 Å². The van der Waals surface area contributed by atoms with Crippen LogP contribution in [0.3, 0.4) is 0 Å². The molecular weight excluding hydrogens is 553 g/mol. The van der Waals surface area contributed by atoms with Gasteiger partial charge in [-0.1, -0.05) is 40.9 Å². The highest BCUT2D eigenvalue weighted by molar-refractivity contribution is 6.53. The lowest BCUT2D eigenvalue weighted by molar-refractivity contribution is -0.120. The van der Waals surface area contributed by atoms with Crippen molar-refractivity contribution in [2.75, 3.05) is 15.5 Å². The second-order valence-electron chi connectivity index (χ2n) is 8.42. The van der Waals surface area contributed by atoms with Gasteiger partial charge < -0.3 is 15.4 Å². The van der Waals surface area contributed by atoms with E-state index in [0.717, 1.165) is 4.90 Å². The number of rotatable bonds is 7. The molecular formula is C27H20Cl3N3O5. The van der Waals surface area contributed by atoms with E-state index in [-0.39, 0.29) is 34.0 Å². The van der Waals surface area contributed by atoms with Gasteiger partial charge in [-0.05, 0) is 74.5 Å². The number of esters is 1. The molecule has 8 nitrogen and oxygen atoms in total. The van der Waals surface area contributed by atoms with E-state index < -0.39 is 17.8 Å². The minimum atomic E-state index is -0.744. The molecule has 0 atom stereocenters. The van der Waals surface area contributed by atoms with Crippen molar-refractivity contribution < 1.29 is 23.9 Å². The number of carbonyl (C=O) groups excluding carboxylic acids is 4. The predicted molar refractivity (Wildman–Crippen MR) is 147 cm³/mol. The number of amides is 3. The number of anilines is 3. The Hall–Kier alpha value is -3.85. The van der Waals surface area contributed by atoms with Gasteiger partial charge >= 0.3 is 5.97 Å². The van der Waals surface area contributed by atoms with Gasteiger partial charge in [-0.25, -0.2) is 9.69 Å². The molecule has 0 bridgehead atoms. The number of nitrogens with zero attached hydrogens (tertiary/aromatic N) is 1. The first kappa shape index (κ1) is 27.2. The highest BCUT2D eigenvalue weighted by Gasteiger charge is 2.39. The summed E-state index contributed by atoms with van der Waals surface area (Å²) in [6.45, 7) is 3.43. The van der Waals surface area contributed by atoms with E-state index in [0.29, 0.717) is 27.0 Å². The lowest BCUT2D eigenvalue weighted by atomic mass is 10.1. The molecule has 0 spiro atoms. The summed E-state index contributed by atoms with van der Waals surface area (Å²) >= 11 is 18.1. The molecule has 0 aromatic heterocycles. The molecule has 2 N–H and O–H groups in total. The Balaban J connectivity index is 1.47. The van der Waals surface area contributed by atoms with Gasteiger partial charge in [-0.3, -0.25) is 14.4 Å². The summed E-state index contributed by atoms with van der Waals surface area (Å²) in [5.74, 6) is -2.41. The highest BCUT2D eigenvalue weighted by atomic mass is 35.5. The third kappa shape index (κ3) is 5.83. The fraction of sp³-hybridized carbons (Fsp3) is 0.111. The minimum Gasteiger partial charge on any atom is -0.459 e. The first-order chi connectivity index (χ1) is 18.0. The quantitative estimate of drug-likeness (QED) is 0.256.